The molecular weight excluding hydrogens is 230 g/mol. The first-order chi connectivity index (χ1) is 8.42. The number of carbonyl (C=O) groups is 2. The van der Waals surface area contributed by atoms with Crippen molar-refractivity contribution in [3.8, 4) is 0 Å². The van der Waals surface area contributed by atoms with Gasteiger partial charge in [0.05, 0.1) is 12.1 Å². The third-order valence-electron chi connectivity index (χ3n) is 3.55. The van der Waals surface area contributed by atoms with Gasteiger partial charge in [-0.3, -0.25) is 14.9 Å². The molecule has 0 bridgehead atoms. The van der Waals surface area contributed by atoms with E-state index in [2.05, 4.69) is 10.6 Å². The van der Waals surface area contributed by atoms with E-state index in [-0.39, 0.29) is 12.5 Å². The van der Waals surface area contributed by atoms with Crippen LogP contribution in [0.3, 0.4) is 0 Å². The molecule has 0 aromatic rings. The Morgan fingerprint density at radius 1 is 1.22 bits per heavy atom. The molecule has 0 aliphatic heterocycles. The predicted octanol–water partition coefficient (Wildman–Crippen LogP) is 0.536. The predicted molar refractivity (Wildman–Crippen MR) is 70.9 cm³/mol. The lowest BCUT2D eigenvalue weighted by atomic mass is 9.89. The first-order valence-corrected chi connectivity index (χ1v) is 6.73. The molecule has 0 aromatic carbocycles. The first kappa shape index (κ1) is 15.0. The molecule has 104 valence electrons. The van der Waals surface area contributed by atoms with Crippen molar-refractivity contribution < 1.29 is 9.59 Å². The number of primary amides is 1. The van der Waals surface area contributed by atoms with E-state index in [0.717, 1.165) is 6.54 Å². The van der Waals surface area contributed by atoms with E-state index in [1.807, 2.05) is 0 Å². The van der Waals surface area contributed by atoms with Gasteiger partial charge in [-0.05, 0) is 32.6 Å². The van der Waals surface area contributed by atoms with Gasteiger partial charge in [-0.1, -0.05) is 19.3 Å². The monoisotopic (exact) mass is 255 g/mol. The number of nitrogens with two attached hydrogens (primary N) is 1. The van der Waals surface area contributed by atoms with E-state index in [9.17, 15) is 9.59 Å². The highest BCUT2D eigenvalue weighted by Gasteiger charge is 2.27. The molecule has 1 aliphatic carbocycles. The molecular formula is C13H25N3O2. The topological polar surface area (TPSA) is 84.2 Å². The third-order valence-corrected chi connectivity index (χ3v) is 3.55. The fraction of sp³-hybridized carbons (Fsp3) is 0.846. The summed E-state index contributed by atoms with van der Waals surface area (Å²) in [6.45, 7) is 4.27. The van der Waals surface area contributed by atoms with Crippen molar-refractivity contribution in [2.45, 2.75) is 51.5 Å². The molecule has 18 heavy (non-hydrogen) atoms. The summed E-state index contributed by atoms with van der Waals surface area (Å²) >= 11 is 0. The second kappa shape index (κ2) is 6.73. The number of hydrogen-bond donors (Lipinski definition) is 3. The molecule has 4 N–H and O–H groups in total. The van der Waals surface area contributed by atoms with Crippen LogP contribution in [0.15, 0.2) is 0 Å². The highest BCUT2D eigenvalue weighted by Crippen LogP contribution is 2.22. The maximum atomic E-state index is 12.0. The summed E-state index contributed by atoms with van der Waals surface area (Å²) in [5, 5.41) is 5.82. The zero-order valence-corrected chi connectivity index (χ0v) is 11.4. The van der Waals surface area contributed by atoms with Crippen LogP contribution in [0.1, 0.15) is 46.0 Å². The van der Waals surface area contributed by atoms with Gasteiger partial charge in [0.15, 0.2) is 0 Å². The lowest BCUT2D eigenvalue weighted by Gasteiger charge is -2.27. The van der Waals surface area contributed by atoms with Crippen molar-refractivity contribution in [1.29, 1.82) is 0 Å². The van der Waals surface area contributed by atoms with Crippen molar-refractivity contribution in [3.63, 3.8) is 0 Å². The van der Waals surface area contributed by atoms with Gasteiger partial charge >= 0.3 is 0 Å². The number of nitrogens with one attached hydrogen (secondary N) is 2. The van der Waals surface area contributed by atoms with Crippen molar-refractivity contribution in [2.24, 2.45) is 11.7 Å². The number of hydrogen-bond acceptors (Lipinski definition) is 3. The summed E-state index contributed by atoms with van der Waals surface area (Å²) in [6, 6.07) is 0. The van der Waals surface area contributed by atoms with Gasteiger partial charge in [-0.2, -0.15) is 0 Å². The van der Waals surface area contributed by atoms with E-state index in [4.69, 9.17) is 5.73 Å². The number of rotatable bonds is 6. The van der Waals surface area contributed by atoms with Crippen LogP contribution in [0.5, 0.6) is 0 Å². The summed E-state index contributed by atoms with van der Waals surface area (Å²) in [4.78, 5) is 22.7. The van der Waals surface area contributed by atoms with Crippen LogP contribution in [0.25, 0.3) is 0 Å². The Bertz CT molecular complexity index is 297. The fourth-order valence-corrected chi connectivity index (χ4v) is 2.24. The van der Waals surface area contributed by atoms with Crippen LogP contribution in [0.4, 0.5) is 0 Å². The Morgan fingerprint density at radius 2 is 1.83 bits per heavy atom. The van der Waals surface area contributed by atoms with Crippen molar-refractivity contribution in [1.82, 2.24) is 10.6 Å². The Kier molecular flexibility index (Phi) is 5.59. The summed E-state index contributed by atoms with van der Waals surface area (Å²) in [5.74, 6) is 0.0760. The third kappa shape index (κ3) is 5.04. The standard InChI is InChI=1S/C13H25N3O2/c1-13(2,16-9-11(14)17)12(18)15-8-10-6-4-3-5-7-10/h10,16H,3-9H2,1-2H3,(H2,14,17)(H,15,18). The second-order valence-corrected chi connectivity index (χ2v) is 5.66. The SMILES string of the molecule is CC(C)(NCC(N)=O)C(=O)NCC1CCCCC1. The molecule has 0 atom stereocenters. The maximum absolute atomic E-state index is 12.0. The highest BCUT2D eigenvalue weighted by molar-refractivity contribution is 5.86. The van der Waals surface area contributed by atoms with Crippen molar-refractivity contribution >= 4 is 11.8 Å². The Labute approximate surface area is 109 Å². The molecule has 1 fully saturated rings. The van der Waals surface area contributed by atoms with Crippen molar-refractivity contribution in [3.05, 3.63) is 0 Å². The Morgan fingerprint density at radius 3 is 2.39 bits per heavy atom. The quantitative estimate of drug-likeness (QED) is 0.647. The summed E-state index contributed by atoms with van der Waals surface area (Å²) in [7, 11) is 0. The Hall–Kier alpha value is -1.10. The van der Waals surface area contributed by atoms with Gasteiger partial charge in [0.2, 0.25) is 11.8 Å². The fourth-order valence-electron chi connectivity index (χ4n) is 2.24. The molecule has 2 amide bonds. The molecule has 5 nitrogen and oxygen atoms in total. The minimum Gasteiger partial charge on any atom is -0.369 e. The van der Waals surface area contributed by atoms with E-state index < -0.39 is 11.4 Å². The lowest BCUT2D eigenvalue weighted by Crippen LogP contribution is -2.55. The highest BCUT2D eigenvalue weighted by atomic mass is 16.2. The summed E-state index contributed by atoms with van der Waals surface area (Å²) in [6.07, 6.45) is 6.26. The molecule has 0 spiro atoms. The van der Waals surface area contributed by atoms with Crippen LogP contribution in [-0.4, -0.2) is 30.4 Å². The van der Waals surface area contributed by atoms with Gasteiger partial charge in [0.25, 0.3) is 0 Å². The summed E-state index contributed by atoms with van der Waals surface area (Å²) in [5.41, 5.74) is 4.30. The Balaban J connectivity index is 2.31. The van der Waals surface area contributed by atoms with E-state index in [0.29, 0.717) is 5.92 Å². The van der Waals surface area contributed by atoms with Crippen molar-refractivity contribution in [2.75, 3.05) is 13.1 Å². The first-order valence-electron chi connectivity index (χ1n) is 6.73. The number of carbonyl (C=O) groups excluding carboxylic acids is 2. The second-order valence-electron chi connectivity index (χ2n) is 5.66. The summed E-state index contributed by atoms with van der Waals surface area (Å²) < 4.78 is 0. The number of amides is 2. The van der Waals surface area contributed by atoms with Gasteiger partial charge < -0.3 is 11.1 Å². The van der Waals surface area contributed by atoms with E-state index in [1.54, 1.807) is 13.8 Å². The molecule has 5 heteroatoms. The molecule has 0 aromatic heterocycles. The van der Waals surface area contributed by atoms with Crippen LogP contribution in [-0.2, 0) is 9.59 Å². The van der Waals surface area contributed by atoms with E-state index in [1.165, 1.54) is 32.1 Å². The van der Waals surface area contributed by atoms with Gasteiger partial charge in [-0.15, -0.1) is 0 Å². The molecule has 1 rings (SSSR count). The molecule has 1 saturated carbocycles. The zero-order chi connectivity index (χ0) is 13.6. The average Bonchev–Trinajstić information content (AvgIpc) is 2.35. The molecule has 0 saturated heterocycles. The smallest absolute Gasteiger partial charge is 0.239 e. The lowest BCUT2D eigenvalue weighted by molar-refractivity contribution is -0.127. The van der Waals surface area contributed by atoms with Crippen LogP contribution < -0.4 is 16.4 Å². The zero-order valence-electron chi connectivity index (χ0n) is 11.4. The minimum absolute atomic E-state index is 0.0177. The maximum Gasteiger partial charge on any atom is 0.239 e. The molecule has 1 aliphatic rings. The van der Waals surface area contributed by atoms with Crippen LogP contribution in [0.2, 0.25) is 0 Å². The average molecular weight is 255 g/mol. The van der Waals surface area contributed by atoms with Gasteiger partial charge in [0.1, 0.15) is 0 Å². The molecule has 0 radical (unpaired) electrons. The molecule has 0 unspecified atom stereocenters. The van der Waals surface area contributed by atoms with Crippen LogP contribution >= 0.6 is 0 Å². The minimum atomic E-state index is -0.760. The van der Waals surface area contributed by atoms with Gasteiger partial charge in [-0.25, -0.2) is 0 Å². The van der Waals surface area contributed by atoms with Gasteiger partial charge in [0, 0.05) is 6.54 Å². The largest absolute Gasteiger partial charge is 0.369 e. The van der Waals surface area contributed by atoms with Crippen LogP contribution in [0, 0.1) is 5.92 Å². The van der Waals surface area contributed by atoms with E-state index >= 15 is 0 Å². The normalized spacial score (nSPS) is 17.4. The molecule has 0 heterocycles.